The first kappa shape index (κ1) is 21.3. The Bertz CT molecular complexity index is 1100. The van der Waals surface area contributed by atoms with Gasteiger partial charge in [-0.3, -0.25) is 14.9 Å². The zero-order valence-electron chi connectivity index (χ0n) is 17.1. The predicted molar refractivity (Wildman–Crippen MR) is 113 cm³/mol. The molecular weight excluding hydrogens is 420 g/mol. The van der Waals surface area contributed by atoms with Crippen molar-refractivity contribution in [3.8, 4) is 5.75 Å². The monoisotopic (exact) mass is 444 g/mol. The maximum absolute atomic E-state index is 12.6. The largest absolute Gasteiger partial charge is 0.379 e. The van der Waals surface area contributed by atoms with Crippen molar-refractivity contribution in [3.05, 3.63) is 64.2 Å². The van der Waals surface area contributed by atoms with Crippen molar-refractivity contribution in [2.75, 3.05) is 0 Å². The van der Waals surface area contributed by atoms with E-state index in [0.717, 1.165) is 12.0 Å². The molecule has 0 saturated heterocycles. The molecule has 1 amide bonds. The summed E-state index contributed by atoms with van der Waals surface area (Å²) in [5, 5.41) is 13.9. The van der Waals surface area contributed by atoms with E-state index in [4.69, 9.17) is 4.18 Å². The first-order chi connectivity index (χ1) is 14.7. The average molecular weight is 445 g/mol. The molecule has 1 N–H and O–H groups in total. The van der Waals surface area contributed by atoms with Gasteiger partial charge in [-0.05, 0) is 74.3 Å². The van der Waals surface area contributed by atoms with Gasteiger partial charge in [-0.25, -0.2) is 0 Å². The number of nitro groups is 1. The minimum atomic E-state index is -4.24. The molecule has 0 aromatic heterocycles. The Kier molecular flexibility index (Phi) is 5.70. The summed E-state index contributed by atoms with van der Waals surface area (Å²) in [6, 6.07) is 10.5. The third-order valence-corrected chi connectivity index (χ3v) is 7.68. The van der Waals surface area contributed by atoms with Crippen molar-refractivity contribution in [2.24, 2.45) is 17.8 Å². The number of nitro benzene ring substituents is 1. The normalized spacial score (nSPS) is 23.3. The van der Waals surface area contributed by atoms with Crippen LogP contribution in [-0.4, -0.2) is 25.3 Å². The molecule has 0 radical (unpaired) electrons. The van der Waals surface area contributed by atoms with Crippen molar-refractivity contribution in [1.29, 1.82) is 0 Å². The number of carbonyl (C=O) groups is 1. The maximum Gasteiger partial charge on any atom is 0.339 e. The fraction of sp³-hybridized carbons (Fsp3) is 0.409. The van der Waals surface area contributed by atoms with Gasteiger partial charge in [-0.2, -0.15) is 8.42 Å². The van der Waals surface area contributed by atoms with E-state index < -0.39 is 15.0 Å². The number of carbonyl (C=O) groups excluding carboxylic acids is 1. The zero-order valence-corrected chi connectivity index (χ0v) is 17.9. The van der Waals surface area contributed by atoms with Gasteiger partial charge in [0, 0.05) is 23.7 Å². The van der Waals surface area contributed by atoms with Crippen LogP contribution >= 0.6 is 0 Å². The van der Waals surface area contributed by atoms with Crippen LogP contribution in [0.3, 0.4) is 0 Å². The van der Waals surface area contributed by atoms with Gasteiger partial charge >= 0.3 is 10.1 Å². The molecule has 0 spiro atoms. The molecule has 4 unspecified atom stereocenters. The summed E-state index contributed by atoms with van der Waals surface area (Å²) >= 11 is 0. The number of benzene rings is 2. The van der Waals surface area contributed by atoms with Gasteiger partial charge in [-0.1, -0.05) is 12.5 Å². The van der Waals surface area contributed by atoms with Gasteiger partial charge in [0.2, 0.25) is 0 Å². The molecule has 2 bridgehead atoms. The SMILES string of the molecule is CC(NC(=O)c1ccc(OS(=O)(=O)c2cccc([N+](=O)[O-])c2)cc1)C1CC2CCC1C2. The number of amides is 1. The molecule has 2 aromatic carbocycles. The second-order valence-electron chi connectivity index (χ2n) is 8.42. The average Bonchev–Trinajstić information content (AvgIpc) is 3.38. The summed E-state index contributed by atoms with van der Waals surface area (Å²) < 4.78 is 29.9. The highest BCUT2D eigenvalue weighted by Gasteiger charge is 2.42. The van der Waals surface area contributed by atoms with Crippen LogP contribution in [-0.2, 0) is 10.1 Å². The number of hydrogen-bond acceptors (Lipinski definition) is 6. The summed E-state index contributed by atoms with van der Waals surface area (Å²) in [7, 11) is -4.24. The second-order valence-corrected chi connectivity index (χ2v) is 9.96. The first-order valence-corrected chi connectivity index (χ1v) is 11.7. The van der Waals surface area contributed by atoms with E-state index in [1.807, 2.05) is 6.92 Å². The van der Waals surface area contributed by atoms with Crippen molar-refractivity contribution in [3.63, 3.8) is 0 Å². The molecule has 2 aliphatic rings. The fourth-order valence-electron chi connectivity index (χ4n) is 4.89. The van der Waals surface area contributed by atoms with Gasteiger partial charge in [0.05, 0.1) is 4.92 Å². The summed E-state index contributed by atoms with van der Waals surface area (Å²) in [4.78, 5) is 22.5. The predicted octanol–water partition coefficient (Wildman–Crippen LogP) is 3.92. The Morgan fingerprint density at radius 2 is 1.90 bits per heavy atom. The van der Waals surface area contributed by atoms with Crippen molar-refractivity contribution in [1.82, 2.24) is 5.32 Å². The molecule has 9 heteroatoms. The highest BCUT2D eigenvalue weighted by molar-refractivity contribution is 7.87. The minimum absolute atomic E-state index is 0.0178. The number of nitrogens with zero attached hydrogens (tertiary/aromatic N) is 1. The number of fused-ring (bicyclic) bond motifs is 2. The lowest BCUT2D eigenvalue weighted by atomic mass is 9.84. The van der Waals surface area contributed by atoms with Gasteiger partial charge in [0.15, 0.2) is 0 Å². The molecule has 2 saturated carbocycles. The zero-order chi connectivity index (χ0) is 22.2. The third kappa shape index (κ3) is 4.56. The van der Waals surface area contributed by atoms with Crippen molar-refractivity contribution < 1.29 is 22.3 Å². The van der Waals surface area contributed by atoms with Gasteiger partial charge in [0.25, 0.3) is 11.6 Å². The lowest BCUT2D eigenvalue weighted by Crippen LogP contribution is -2.40. The molecule has 0 heterocycles. The number of non-ortho nitro benzene ring substituents is 1. The molecule has 2 fully saturated rings. The van der Waals surface area contributed by atoms with Gasteiger partial charge < -0.3 is 9.50 Å². The number of nitrogens with one attached hydrogen (secondary N) is 1. The summed E-state index contributed by atoms with van der Waals surface area (Å²) in [5.41, 5.74) is 0.0661. The van der Waals surface area contributed by atoms with Crippen LogP contribution < -0.4 is 9.50 Å². The van der Waals surface area contributed by atoms with Gasteiger partial charge in [-0.15, -0.1) is 0 Å². The second kappa shape index (κ2) is 8.30. The van der Waals surface area contributed by atoms with Crippen LogP contribution in [0.25, 0.3) is 0 Å². The number of rotatable bonds is 7. The van der Waals surface area contributed by atoms with Crippen LogP contribution in [0, 0.1) is 27.9 Å². The summed E-state index contributed by atoms with van der Waals surface area (Å²) in [6.07, 6.45) is 5.01. The lowest BCUT2D eigenvalue weighted by Gasteiger charge is -2.28. The van der Waals surface area contributed by atoms with E-state index in [0.29, 0.717) is 17.4 Å². The van der Waals surface area contributed by atoms with Crippen LogP contribution in [0.4, 0.5) is 5.69 Å². The Morgan fingerprint density at radius 3 is 2.52 bits per heavy atom. The maximum atomic E-state index is 12.6. The molecule has 8 nitrogen and oxygen atoms in total. The molecule has 0 aliphatic heterocycles. The van der Waals surface area contributed by atoms with Crippen molar-refractivity contribution >= 4 is 21.7 Å². The molecule has 4 atom stereocenters. The van der Waals surface area contributed by atoms with E-state index in [2.05, 4.69) is 5.32 Å². The first-order valence-electron chi connectivity index (χ1n) is 10.3. The van der Waals surface area contributed by atoms with Crippen LogP contribution in [0.2, 0.25) is 0 Å². The van der Waals surface area contributed by atoms with Crippen molar-refractivity contribution in [2.45, 2.75) is 43.5 Å². The highest BCUT2D eigenvalue weighted by atomic mass is 32.2. The minimum Gasteiger partial charge on any atom is -0.379 e. The molecule has 4 rings (SSSR count). The third-order valence-electron chi connectivity index (χ3n) is 6.43. The van der Waals surface area contributed by atoms with Gasteiger partial charge in [0.1, 0.15) is 10.6 Å². The lowest BCUT2D eigenvalue weighted by molar-refractivity contribution is -0.385. The molecule has 2 aromatic rings. The standard InChI is InChI=1S/C22H24N2O6S/c1-14(21-12-15-5-6-17(21)11-15)23-22(25)16-7-9-19(10-8-16)30-31(28,29)20-4-2-3-18(13-20)24(26)27/h2-4,7-10,13-15,17,21H,5-6,11-12H2,1H3,(H,23,25). The Balaban J connectivity index is 1.40. The topological polar surface area (TPSA) is 116 Å². The van der Waals surface area contributed by atoms with E-state index in [1.165, 1.54) is 68.1 Å². The van der Waals surface area contributed by atoms with Crippen LogP contribution in [0.1, 0.15) is 43.0 Å². The van der Waals surface area contributed by atoms with E-state index >= 15 is 0 Å². The molecule has 164 valence electrons. The quantitative estimate of drug-likeness (QED) is 0.393. The molecule has 2 aliphatic carbocycles. The Hall–Kier alpha value is -2.94. The Morgan fingerprint density at radius 1 is 1.16 bits per heavy atom. The molecular formula is C22H24N2O6S. The summed E-state index contributed by atoms with van der Waals surface area (Å²) in [5.74, 6) is 1.84. The number of hydrogen-bond donors (Lipinski definition) is 1. The fourth-order valence-corrected chi connectivity index (χ4v) is 5.86. The highest BCUT2D eigenvalue weighted by Crippen LogP contribution is 2.49. The van der Waals surface area contributed by atoms with E-state index in [1.54, 1.807) is 0 Å². The Labute approximate surface area is 180 Å². The van der Waals surface area contributed by atoms with E-state index in [-0.39, 0.29) is 28.3 Å². The smallest absolute Gasteiger partial charge is 0.339 e. The van der Waals surface area contributed by atoms with Crippen LogP contribution in [0.15, 0.2) is 53.4 Å². The molecule has 31 heavy (non-hydrogen) atoms. The summed E-state index contributed by atoms with van der Waals surface area (Å²) in [6.45, 7) is 2.05. The van der Waals surface area contributed by atoms with E-state index in [9.17, 15) is 23.3 Å². The van der Waals surface area contributed by atoms with Crippen LogP contribution in [0.5, 0.6) is 5.75 Å².